The molecule has 4 bridgehead atoms. The Labute approximate surface area is 175 Å². The summed E-state index contributed by atoms with van der Waals surface area (Å²) in [6.45, 7) is -0.00500. The SMILES string of the molecule is COc1ccccc1Nc1nc(N)nc(COC(=O)C2C3CC4CC(C3)CC2C4)n1. The third-order valence-corrected chi connectivity index (χ3v) is 6.89. The number of nitrogens with zero attached hydrogens (tertiary/aromatic N) is 3. The molecular formula is C22H27N5O3. The highest BCUT2D eigenvalue weighted by Gasteiger charge is 2.51. The quantitative estimate of drug-likeness (QED) is 0.699. The molecule has 0 saturated heterocycles. The molecule has 8 nitrogen and oxygen atoms in total. The standard InChI is InChI=1S/C22H27N5O3/c1-29-17-5-3-2-4-16(17)24-22-26-18(25-21(23)27-22)11-30-20(28)19-14-7-12-6-13(9-14)10-15(19)8-12/h2-5,12-15,19H,6-11H2,1H3,(H3,23,24,25,26,27). The second-order valence-electron chi connectivity index (χ2n) is 8.82. The topological polar surface area (TPSA) is 112 Å². The Morgan fingerprint density at radius 1 is 1.07 bits per heavy atom. The average molecular weight is 409 g/mol. The molecular weight excluding hydrogens is 382 g/mol. The van der Waals surface area contributed by atoms with Gasteiger partial charge in [0, 0.05) is 0 Å². The minimum Gasteiger partial charge on any atom is -0.495 e. The van der Waals surface area contributed by atoms with Crippen LogP contribution in [0.2, 0.25) is 0 Å². The minimum atomic E-state index is -0.109. The Balaban J connectivity index is 1.26. The molecule has 4 aliphatic rings. The molecule has 0 unspecified atom stereocenters. The summed E-state index contributed by atoms with van der Waals surface area (Å²) in [6, 6.07) is 7.44. The second-order valence-corrected chi connectivity index (χ2v) is 8.82. The first-order valence-corrected chi connectivity index (χ1v) is 10.7. The highest BCUT2D eigenvalue weighted by atomic mass is 16.5. The lowest BCUT2D eigenvalue weighted by Gasteiger charge is -2.53. The molecule has 0 amide bonds. The molecule has 2 aromatic rings. The number of ether oxygens (including phenoxy) is 2. The van der Waals surface area contributed by atoms with Gasteiger partial charge in [0.1, 0.15) is 5.75 Å². The largest absolute Gasteiger partial charge is 0.495 e. The summed E-state index contributed by atoms with van der Waals surface area (Å²) in [7, 11) is 1.59. The van der Waals surface area contributed by atoms with E-state index in [9.17, 15) is 4.79 Å². The van der Waals surface area contributed by atoms with Crippen LogP contribution in [0.1, 0.15) is 37.9 Å². The van der Waals surface area contributed by atoms with Gasteiger partial charge in [0.2, 0.25) is 11.9 Å². The Morgan fingerprint density at radius 2 is 1.77 bits per heavy atom. The summed E-state index contributed by atoms with van der Waals surface area (Å²) >= 11 is 0. The van der Waals surface area contributed by atoms with Crippen LogP contribution in [0.25, 0.3) is 0 Å². The first-order valence-electron chi connectivity index (χ1n) is 10.7. The first-order chi connectivity index (χ1) is 14.6. The number of nitrogens with two attached hydrogens (primary N) is 1. The third kappa shape index (κ3) is 3.66. The molecule has 158 valence electrons. The van der Waals surface area contributed by atoms with Crippen LogP contribution >= 0.6 is 0 Å². The summed E-state index contributed by atoms with van der Waals surface area (Å²) in [4.78, 5) is 25.5. The maximum atomic E-state index is 12.9. The Bertz CT molecular complexity index is 922. The van der Waals surface area contributed by atoms with Crippen molar-refractivity contribution in [3.63, 3.8) is 0 Å². The second kappa shape index (κ2) is 7.74. The number of hydrogen-bond acceptors (Lipinski definition) is 8. The molecule has 0 spiro atoms. The molecule has 6 rings (SSSR count). The van der Waals surface area contributed by atoms with E-state index < -0.39 is 0 Å². The van der Waals surface area contributed by atoms with E-state index in [4.69, 9.17) is 15.2 Å². The molecule has 4 fully saturated rings. The van der Waals surface area contributed by atoms with Gasteiger partial charge in [0.25, 0.3) is 0 Å². The van der Waals surface area contributed by atoms with E-state index >= 15 is 0 Å². The number of aromatic nitrogens is 3. The molecule has 0 aliphatic heterocycles. The van der Waals surface area contributed by atoms with Gasteiger partial charge in [-0.25, -0.2) is 0 Å². The van der Waals surface area contributed by atoms with E-state index in [-0.39, 0.29) is 30.4 Å². The van der Waals surface area contributed by atoms with E-state index in [1.807, 2.05) is 24.3 Å². The monoisotopic (exact) mass is 409 g/mol. The molecule has 1 heterocycles. The zero-order valence-electron chi connectivity index (χ0n) is 17.1. The fourth-order valence-electron chi connectivity index (χ4n) is 5.97. The number of rotatable bonds is 6. The molecule has 4 aliphatic carbocycles. The minimum absolute atomic E-state index is 0.00500. The number of esters is 1. The van der Waals surface area contributed by atoms with Crippen molar-refractivity contribution in [2.24, 2.45) is 29.6 Å². The first kappa shape index (κ1) is 19.1. The van der Waals surface area contributed by atoms with Crippen molar-refractivity contribution in [2.45, 2.75) is 38.7 Å². The summed E-state index contributed by atoms with van der Waals surface area (Å²) in [5.41, 5.74) is 6.56. The normalized spacial score (nSPS) is 28.9. The smallest absolute Gasteiger partial charge is 0.309 e. The summed E-state index contributed by atoms with van der Waals surface area (Å²) in [5, 5.41) is 3.09. The van der Waals surface area contributed by atoms with Gasteiger partial charge in [0.05, 0.1) is 18.7 Å². The number of carbonyl (C=O) groups is 1. The highest BCUT2D eigenvalue weighted by Crippen LogP contribution is 2.56. The van der Waals surface area contributed by atoms with Crippen molar-refractivity contribution in [2.75, 3.05) is 18.2 Å². The molecule has 3 N–H and O–H groups in total. The molecule has 30 heavy (non-hydrogen) atoms. The van der Waals surface area contributed by atoms with Gasteiger partial charge >= 0.3 is 5.97 Å². The molecule has 8 heteroatoms. The van der Waals surface area contributed by atoms with E-state index in [1.165, 1.54) is 32.1 Å². The number of carbonyl (C=O) groups excluding carboxylic acids is 1. The van der Waals surface area contributed by atoms with Crippen molar-refractivity contribution in [3.05, 3.63) is 30.1 Å². The molecule has 1 aromatic carbocycles. The number of nitrogens with one attached hydrogen (secondary N) is 1. The predicted octanol–water partition coefficient (Wildman–Crippen LogP) is 3.32. The van der Waals surface area contributed by atoms with E-state index in [1.54, 1.807) is 7.11 Å². The van der Waals surface area contributed by atoms with Gasteiger partial charge in [-0.15, -0.1) is 0 Å². The molecule has 0 radical (unpaired) electrons. The summed E-state index contributed by atoms with van der Waals surface area (Å²) in [5.74, 6) is 3.89. The Hall–Kier alpha value is -2.90. The van der Waals surface area contributed by atoms with E-state index in [0.717, 1.165) is 11.8 Å². The molecule has 0 atom stereocenters. The number of methoxy groups -OCH3 is 1. The number of nitrogen functional groups attached to an aromatic ring is 1. The lowest BCUT2D eigenvalue weighted by Crippen LogP contribution is -2.48. The number of hydrogen-bond donors (Lipinski definition) is 2. The van der Waals surface area contributed by atoms with E-state index in [2.05, 4.69) is 20.3 Å². The van der Waals surface area contributed by atoms with Crippen LogP contribution in [0, 0.1) is 29.6 Å². The van der Waals surface area contributed by atoms with Crippen LogP contribution in [0.3, 0.4) is 0 Å². The molecule has 1 aromatic heterocycles. The lowest BCUT2D eigenvalue weighted by atomic mass is 9.52. The Kier molecular flexibility index (Phi) is 4.92. The van der Waals surface area contributed by atoms with Gasteiger partial charge in [-0.3, -0.25) is 4.79 Å². The van der Waals surface area contributed by atoms with Crippen LogP contribution in [-0.2, 0) is 16.1 Å². The van der Waals surface area contributed by atoms with Crippen molar-refractivity contribution < 1.29 is 14.3 Å². The van der Waals surface area contributed by atoms with E-state index in [0.29, 0.717) is 29.1 Å². The lowest BCUT2D eigenvalue weighted by molar-refractivity contribution is -0.164. The average Bonchev–Trinajstić information content (AvgIpc) is 2.71. The van der Waals surface area contributed by atoms with Crippen LogP contribution in [0.5, 0.6) is 5.75 Å². The van der Waals surface area contributed by atoms with Gasteiger partial charge in [-0.1, -0.05) is 12.1 Å². The third-order valence-electron chi connectivity index (χ3n) is 6.89. The van der Waals surface area contributed by atoms with Crippen molar-refractivity contribution in [1.29, 1.82) is 0 Å². The summed E-state index contributed by atoms with van der Waals surface area (Å²) in [6.07, 6.45) is 6.08. The van der Waals surface area contributed by atoms with Gasteiger partial charge in [-0.2, -0.15) is 15.0 Å². The van der Waals surface area contributed by atoms with Crippen LogP contribution < -0.4 is 15.8 Å². The Morgan fingerprint density at radius 3 is 2.47 bits per heavy atom. The number of benzene rings is 1. The maximum Gasteiger partial charge on any atom is 0.309 e. The maximum absolute atomic E-state index is 12.9. The highest BCUT2D eigenvalue weighted by molar-refractivity contribution is 5.73. The zero-order valence-corrected chi connectivity index (χ0v) is 17.1. The number of anilines is 3. The van der Waals surface area contributed by atoms with Crippen LogP contribution in [0.15, 0.2) is 24.3 Å². The van der Waals surface area contributed by atoms with Crippen molar-refractivity contribution in [1.82, 2.24) is 15.0 Å². The molecule has 4 saturated carbocycles. The van der Waals surface area contributed by atoms with Crippen molar-refractivity contribution in [3.8, 4) is 5.75 Å². The van der Waals surface area contributed by atoms with Gasteiger partial charge in [0.15, 0.2) is 12.4 Å². The predicted molar refractivity (Wildman–Crippen MR) is 111 cm³/mol. The van der Waals surface area contributed by atoms with Crippen molar-refractivity contribution >= 4 is 23.6 Å². The van der Waals surface area contributed by atoms with Gasteiger partial charge in [-0.05, 0) is 67.9 Å². The fraction of sp³-hybridized carbons (Fsp3) is 0.545. The fourth-order valence-corrected chi connectivity index (χ4v) is 5.97. The van der Waals surface area contributed by atoms with Crippen LogP contribution in [0.4, 0.5) is 17.6 Å². The number of para-hydroxylation sites is 2. The van der Waals surface area contributed by atoms with Gasteiger partial charge < -0.3 is 20.5 Å². The zero-order chi connectivity index (χ0) is 20.7. The van der Waals surface area contributed by atoms with Crippen LogP contribution in [-0.4, -0.2) is 28.0 Å². The summed E-state index contributed by atoms with van der Waals surface area (Å²) < 4.78 is 11.0.